The molecule has 6 aromatic carbocycles. The molecular formula is C31H23Br2Cl2PZr-2. The Bertz CT molecular complexity index is 1360. The average Bonchev–Trinajstić information content (AvgIpc) is 3.50. The van der Waals surface area contributed by atoms with Crippen LogP contribution in [0.3, 0.4) is 0 Å². The van der Waals surface area contributed by atoms with Gasteiger partial charge in [0.2, 0.25) is 0 Å². The SMILES string of the molecule is Brc1ccc(-c2cc3ccccc3[cH-]2)cc1.Brc1ccc(-c2cc3ccccc3[cH-]2)cc1.C[P]=[Zr+2].[Cl-].[Cl-]. The molecule has 0 fully saturated rings. The van der Waals surface area contributed by atoms with E-state index in [-0.39, 0.29) is 24.8 Å². The van der Waals surface area contributed by atoms with Gasteiger partial charge in [0, 0.05) is 8.95 Å². The predicted octanol–water partition coefficient (Wildman–Crippen LogP) is 5.01. The topological polar surface area (TPSA) is 0 Å². The summed E-state index contributed by atoms with van der Waals surface area (Å²) in [5.74, 6) is 0. The molecule has 0 amide bonds. The predicted molar refractivity (Wildman–Crippen MR) is 158 cm³/mol. The zero-order valence-electron chi connectivity index (χ0n) is 20.0. The minimum Gasteiger partial charge on any atom is -1.00 e. The smallest absolute Gasteiger partial charge is 1.00 e. The van der Waals surface area contributed by atoms with Crippen LogP contribution < -0.4 is 24.8 Å². The Hall–Kier alpha value is -1.18. The second-order valence-corrected chi connectivity index (χ2v) is 13.6. The van der Waals surface area contributed by atoms with Gasteiger partial charge in [0.05, 0.1) is 0 Å². The summed E-state index contributed by atoms with van der Waals surface area (Å²) < 4.78 is 2.24. The normalized spacial score (nSPS) is 9.97. The largest absolute Gasteiger partial charge is 1.00 e. The number of halogens is 4. The maximum Gasteiger partial charge on any atom is -1.00 e. The van der Waals surface area contributed by atoms with E-state index in [4.69, 9.17) is 0 Å². The van der Waals surface area contributed by atoms with E-state index >= 15 is 0 Å². The van der Waals surface area contributed by atoms with Gasteiger partial charge in [0.15, 0.2) is 0 Å². The van der Waals surface area contributed by atoms with E-state index in [1.807, 2.05) is 0 Å². The summed E-state index contributed by atoms with van der Waals surface area (Å²) in [5, 5.41) is 6.73. The molecule has 0 saturated carbocycles. The van der Waals surface area contributed by atoms with Crippen LogP contribution in [0.2, 0.25) is 0 Å². The van der Waals surface area contributed by atoms with Crippen LogP contribution in [0.15, 0.2) is 130 Å². The molecule has 0 heterocycles. The number of rotatable bonds is 2. The van der Waals surface area contributed by atoms with Crippen molar-refractivity contribution < 1.29 is 48.4 Å². The molecule has 6 aromatic rings. The van der Waals surface area contributed by atoms with Gasteiger partial charge >= 0.3 is 35.7 Å². The molecule has 37 heavy (non-hydrogen) atoms. The zero-order valence-corrected chi connectivity index (χ0v) is 28.0. The van der Waals surface area contributed by atoms with E-state index in [9.17, 15) is 0 Å². The Balaban J connectivity index is 0.000000225. The molecule has 0 N–H and O–H groups in total. The minimum atomic E-state index is 0. The van der Waals surface area contributed by atoms with E-state index in [1.54, 1.807) is 23.6 Å². The first-order valence-corrected chi connectivity index (χ1v) is 17.4. The van der Waals surface area contributed by atoms with E-state index < -0.39 is 0 Å². The monoisotopic (exact) mass is 744 g/mol. The molecule has 0 spiro atoms. The van der Waals surface area contributed by atoms with Gasteiger partial charge in [-0.2, -0.15) is 0 Å². The summed E-state index contributed by atoms with van der Waals surface area (Å²) >= 11 is 8.51. The number of hydrogen-bond donors (Lipinski definition) is 0. The van der Waals surface area contributed by atoms with Gasteiger partial charge in [0.25, 0.3) is 0 Å². The number of benzene rings is 4. The fourth-order valence-corrected chi connectivity index (χ4v) is 4.45. The third-order valence-electron chi connectivity index (χ3n) is 5.59. The van der Waals surface area contributed by atoms with E-state index in [0.29, 0.717) is 0 Å². The van der Waals surface area contributed by atoms with Crippen molar-refractivity contribution in [3.8, 4) is 22.3 Å². The molecule has 0 aliphatic carbocycles. The number of hydrogen-bond acceptors (Lipinski definition) is 0. The molecule has 6 heteroatoms. The van der Waals surface area contributed by atoms with E-state index in [0.717, 1.165) is 8.95 Å². The first kappa shape index (κ1) is 32.0. The van der Waals surface area contributed by atoms with Gasteiger partial charge in [-0.05, 0) is 0 Å². The van der Waals surface area contributed by atoms with Crippen LogP contribution in [0.25, 0.3) is 43.8 Å². The molecule has 0 atom stereocenters. The van der Waals surface area contributed by atoms with E-state index in [1.165, 1.54) is 49.2 Å². The van der Waals surface area contributed by atoms with Crippen LogP contribution in [0.4, 0.5) is 0 Å². The Morgan fingerprint density at radius 1 is 0.568 bits per heavy atom. The standard InChI is InChI=1S/2C15H10Br.CH3P.2ClH.Zr/c2*16-15-7-5-11(6-8-15)14-9-12-3-1-2-4-13(12)10-14;1-2;;;/h2*1-10H;1H3;2*1H;/q2*-1;;;;+2/p-2. The zero-order chi connectivity index (χ0) is 24.6. The van der Waals surface area contributed by atoms with Crippen molar-refractivity contribution in [2.45, 2.75) is 0 Å². The third-order valence-corrected chi connectivity index (χ3v) is 6.65. The van der Waals surface area contributed by atoms with Crippen LogP contribution in [-0.4, -0.2) is 6.66 Å². The molecule has 186 valence electrons. The number of fused-ring (bicyclic) bond motifs is 2. The van der Waals surface area contributed by atoms with Gasteiger partial charge in [-0.15, -0.1) is 69.1 Å². The molecule has 6 rings (SSSR count). The molecule has 0 aliphatic rings. The molecule has 0 bridgehead atoms. The third kappa shape index (κ3) is 8.93. The van der Waals surface area contributed by atoms with Crippen molar-refractivity contribution in [2.24, 2.45) is 0 Å². The van der Waals surface area contributed by atoms with Gasteiger partial charge in [-0.1, -0.05) is 128 Å². The molecule has 0 unspecified atom stereocenters. The minimum absolute atomic E-state index is 0. The first-order valence-electron chi connectivity index (χ1n) is 11.2. The maximum atomic E-state index is 3.45. The van der Waals surface area contributed by atoms with Crippen molar-refractivity contribution >= 4 is 58.8 Å². The Labute approximate surface area is 264 Å². The summed E-state index contributed by atoms with van der Waals surface area (Å²) in [6.07, 6.45) is 0. The Morgan fingerprint density at radius 2 is 0.892 bits per heavy atom. The van der Waals surface area contributed by atoms with Crippen molar-refractivity contribution in [2.75, 3.05) is 6.66 Å². The van der Waals surface area contributed by atoms with Crippen LogP contribution >= 0.6 is 37.3 Å². The first-order chi connectivity index (χ1) is 17.1. The van der Waals surface area contributed by atoms with Crippen molar-refractivity contribution in [3.05, 3.63) is 130 Å². The fraction of sp³-hybridized carbons (Fsp3) is 0.0323. The molecule has 0 radical (unpaired) electrons. The second-order valence-electron chi connectivity index (χ2n) is 7.98. The van der Waals surface area contributed by atoms with Crippen LogP contribution in [0.1, 0.15) is 0 Å². The van der Waals surface area contributed by atoms with Crippen molar-refractivity contribution in [3.63, 3.8) is 0 Å². The molecule has 0 saturated heterocycles. The Morgan fingerprint density at radius 3 is 1.22 bits per heavy atom. The quantitative estimate of drug-likeness (QED) is 0.173. The van der Waals surface area contributed by atoms with Crippen molar-refractivity contribution in [1.29, 1.82) is 0 Å². The molecular weight excluding hydrogens is 725 g/mol. The second kappa shape index (κ2) is 16.0. The van der Waals surface area contributed by atoms with Gasteiger partial charge in [-0.25, -0.2) is 0 Å². The van der Waals surface area contributed by atoms with E-state index in [2.05, 4.69) is 160 Å². The molecule has 0 aromatic heterocycles. The van der Waals surface area contributed by atoms with Gasteiger partial charge in [-0.3, -0.25) is 0 Å². The Kier molecular flexibility index (Phi) is 13.9. The molecule has 0 aliphatic heterocycles. The van der Waals surface area contributed by atoms with Gasteiger partial charge in [0.1, 0.15) is 0 Å². The maximum absolute atomic E-state index is 3.45. The summed E-state index contributed by atoms with van der Waals surface area (Å²) in [6, 6.07) is 42.7. The van der Waals surface area contributed by atoms with Crippen LogP contribution in [-0.2, 0) is 23.6 Å². The van der Waals surface area contributed by atoms with Crippen LogP contribution in [0.5, 0.6) is 0 Å². The fourth-order valence-electron chi connectivity index (χ4n) is 3.92. The summed E-state index contributed by atoms with van der Waals surface area (Å²) in [5.41, 5.74) is 5.10. The van der Waals surface area contributed by atoms with Gasteiger partial charge < -0.3 is 24.8 Å². The summed E-state index contributed by atoms with van der Waals surface area (Å²) in [7, 11) is 0. The summed E-state index contributed by atoms with van der Waals surface area (Å²) in [4.78, 5) is 0. The van der Waals surface area contributed by atoms with Crippen LogP contribution in [0, 0.1) is 0 Å². The average molecular weight is 748 g/mol. The summed E-state index contributed by atoms with van der Waals surface area (Å²) in [6.45, 7) is 2.14. The molecule has 0 nitrogen and oxygen atoms in total. The van der Waals surface area contributed by atoms with Crippen molar-refractivity contribution in [1.82, 2.24) is 0 Å².